The molecule has 8 heteroatoms. The highest BCUT2D eigenvalue weighted by Gasteiger charge is 2.11. The summed E-state index contributed by atoms with van der Waals surface area (Å²) in [6, 6.07) is 3.58. The summed E-state index contributed by atoms with van der Waals surface area (Å²) in [5.74, 6) is 0.729. The van der Waals surface area contributed by atoms with Crippen molar-refractivity contribution in [2.75, 3.05) is 6.54 Å². The molecular weight excluding hydrogens is 296 g/mol. The van der Waals surface area contributed by atoms with Crippen molar-refractivity contribution in [2.24, 2.45) is 10.1 Å². The second-order valence-corrected chi connectivity index (χ2v) is 7.37. The minimum atomic E-state index is -3.61. The Kier molecular flexibility index (Phi) is 6.44. The number of nitrogens with zero attached hydrogens (tertiary/aromatic N) is 1. The molecule has 0 aromatic carbocycles. The molecule has 114 valence electrons. The lowest BCUT2D eigenvalue weighted by Gasteiger charge is -2.15. The van der Waals surface area contributed by atoms with Gasteiger partial charge in [-0.05, 0) is 32.4 Å². The van der Waals surface area contributed by atoms with E-state index in [4.69, 9.17) is 5.14 Å². The van der Waals surface area contributed by atoms with Crippen molar-refractivity contribution in [3.8, 4) is 0 Å². The number of primary sulfonamides is 1. The second-order valence-electron chi connectivity index (χ2n) is 4.41. The van der Waals surface area contributed by atoms with Crippen molar-refractivity contribution in [1.82, 2.24) is 10.6 Å². The molecule has 0 aliphatic rings. The third kappa shape index (κ3) is 5.48. The minimum absolute atomic E-state index is 0.169. The van der Waals surface area contributed by atoms with Crippen LogP contribution in [0.15, 0.2) is 21.3 Å². The van der Waals surface area contributed by atoms with Gasteiger partial charge in [-0.3, -0.25) is 0 Å². The molecule has 6 nitrogen and oxygen atoms in total. The highest BCUT2D eigenvalue weighted by atomic mass is 32.2. The number of hydrogen-bond donors (Lipinski definition) is 3. The molecule has 4 N–H and O–H groups in total. The molecule has 0 bridgehead atoms. The fraction of sp³-hybridized carbons (Fsp3) is 0.583. The van der Waals surface area contributed by atoms with E-state index < -0.39 is 10.0 Å². The average Bonchev–Trinajstić information content (AvgIpc) is 2.84. The molecule has 0 spiro atoms. The van der Waals surface area contributed by atoms with E-state index in [2.05, 4.69) is 29.5 Å². The Bertz CT molecular complexity index is 552. The fourth-order valence-electron chi connectivity index (χ4n) is 1.41. The van der Waals surface area contributed by atoms with Gasteiger partial charge in [0.05, 0.1) is 6.54 Å². The van der Waals surface area contributed by atoms with Crippen molar-refractivity contribution < 1.29 is 8.42 Å². The standard InChI is InChI=1S/C12H22N4O2S2/c1-4-9(3)16-12(14-5-2)15-8-10-6-7-11(19-10)20(13,17)18/h6-7,9H,4-5,8H2,1-3H3,(H2,13,17,18)(H2,14,15,16). The molecule has 1 aromatic rings. The Hall–Kier alpha value is -1.12. The molecule has 1 unspecified atom stereocenters. The van der Waals surface area contributed by atoms with E-state index in [1.54, 1.807) is 6.07 Å². The highest BCUT2D eigenvalue weighted by Crippen LogP contribution is 2.20. The van der Waals surface area contributed by atoms with Crippen molar-refractivity contribution in [3.63, 3.8) is 0 Å². The zero-order chi connectivity index (χ0) is 15.2. The number of thiophene rings is 1. The first-order chi connectivity index (χ1) is 9.36. The average molecular weight is 318 g/mol. The van der Waals surface area contributed by atoms with Crippen molar-refractivity contribution in [1.29, 1.82) is 0 Å². The van der Waals surface area contributed by atoms with E-state index in [1.807, 2.05) is 6.92 Å². The summed E-state index contributed by atoms with van der Waals surface area (Å²) >= 11 is 1.15. The Labute approximate surface area is 124 Å². The summed E-state index contributed by atoms with van der Waals surface area (Å²) in [6.45, 7) is 7.37. The maximum atomic E-state index is 11.2. The molecule has 1 aromatic heterocycles. The largest absolute Gasteiger partial charge is 0.357 e. The lowest BCUT2D eigenvalue weighted by Crippen LogP contribution is -2.41. The molecule has 1 atom stereocenters. The maximum absolute atomic E-state index is 11.2. The summed E-state index contributed by atoms with van der Waals surface area (Å²) in [5, 5.41) is 11.5. The molecular formula is C12H22N4O2S2. The van der Waals surface area contributed by atoms with Crippen LogP contribution in [0.4, 0.5) is 0 Å². The molecule has 1 rings (SSSR count). The van der Waals surface area contributed by atoms with E-state index >= 15 is 0 Å². The molecule has 0 amide bonds. The molecule has 20 heavy (non-hydrogen) atoms. The van der Waals surface area contributed by atoms with Crippen LogP contribution in [0.25, 0.3) is 0 Å². The minimum Gasteiger partial charge on any atom is -0.357 e. The number of nitrogens with two attached hydrogens (primary N) is 1. The van der Waals surface area contributed by atoms with Crippen LogP contribution < -0.4 is 15.8 Å². The normalized spacial score (nSPS) is 14.1. The summed E-state index contributed by atoms with van der Waals surface area (Å²) in [5.41, 5.74) is 0. The number of aliphatic imine (C=N–C) groups is 1. The zero-order valence-corrected chi connectivity index (χ0v) is 13.6. The van der Waals surface area contributed by atoms with Gasteiger partial charge in [0.1, 0.15) is 4.21 Å². The van der Waals surface area contributed by atoms with Gasteiger partial charge in [0, 0.05) is 17.5 Å². The first-order valence-electron chi connectivity index (χ1n) is 6.53. The quantitative estimate of drug-likeness (QED) is 0.543. The lowest BCUT2D eigenvalue weighted by molar-refractivity contribution is 0.600. The van der Waals surface area contributed by atoms with Crippen LogP contribution in [0, 0.1) is 0 Å². The number of sulfonamides is 1. The molecule has 0 radical (unpaired) electrons. The predicted molar refractivity (Wildman–Crippen MR) is 83.4 cm³/mol. The number of guanidine groups is 1. The van der Waals surface area contributed by atoms with E-state index in [0.29, 0.717) is 12.6 Å². The SMILES string of the molecule is CCNC(=NCc1ccc(S(N)(=O)=O)s1)NC(C)CC. The number of hydrogen-bond acceptors (Lipinski definition) is 4. The van der Waals surface area contributed by atoms with Gasteiger partial charge in [0.25, 0.3) is 0 Å². The number of nitrogens with one attached hydrogen (secondary N) is 2. The highest BCUT2D eigenvalue weighted by molar-refractivity contribution is 7.91. The van der Waals surface area contributed by atoms with Gasteiger partial charge in [-0.15, -0.1) is 11.3 Å². The summed E-state index contributed by atoms with van der Waals surface area (Å²) in [4.78, 5) is 5.29. The first kappa shape index (κ1) is 16.9. The van der Waals surface area contributed by atoms with Gasteiger partial charge in [-0.1, -0.05) is 6.92 Å². The first-order valence-corrected chi connectivity index (χ1v) is 8.89. The second kappa shape index (κ2) is 7.61. The maximum Gasteiger partial charge on any atom is 0.247 e. The molecule has 1 heterocycles. The lowest BCUT2D eigenvalue weighted by atomic mass is 10.3. The van der Waals surface area contributed by atoms with Crippen LogP contribution in [0.2, 0.25) is 0 Å². The smallest absolute Gasteiger partial charge is 0.247 e. The Morgan fingerprint density at radius 2 is 2.15 bits per heavy atom. The summed E-state index contributed by atoms with van der Waals surface area (Å²) in [6.07, 6.45) is 0.999. The third-order valence-electron chi connectivity index (χ3n) is 2.65. The predicted octanol–water partition coefficient (Wildman–Crippen LogP) is 1.25. The molecule has 0 fully saturated rings. The van der Waals surface area contributed by atoms with Crippen molar-refractivity contribution in [2.45, 2.75) is 44.0 Å². The number of rotatable bonds is 6. The van der Waals surface area contributed by atoms with Gasteiger partial charge in [-0.2, -0.15) is 0 Å². The van der Waals surface area contributed by atoms with E-state index in [0.717, 1.165) is 35.1 Å². The van der Waals surface area contributed by atoms with Crippen LogP contribution in [0.1, 0.15) is 32.1 Å². The van der Waals surface area contributed by atoms with Gasteiger partial charge in [0.15, 0.2) is 5.96 Å². The van der Waals surface area contributed by atoms with Gasteiger partial charge >= 0.3 is 0 Å². The topological polar surface area (TPSA) is 96.6 Å². The van der Waals surface area contributed by atoms with E-state index in [-0.39, 0.29) is 4.21 Å². The monoisotopic (exact) mass is 318 g/mol. The van der Waals surface area contributed by atoms with Crippen LogP contribution in [0.5, 0.6) is 0 Å². The molecule has 0 aliphatic heterocycles. The Morgan fingerprint density at radius 3 is 2.65 bits per heavy atom. The van der Waals surface area contributed by atoms with Crippen LogP contribution >= 0.6 is 11.3 Å². The molecule has 0 aliphatic carbocycles. The molecule has 0 saturated carbocycles. The van der Waals surface area contributed by atoms with Crippen LogP contribution in [0.3, 0.4) is 0 Å². The van der Waals surface area contributed by atoms with Crippen molar-refractivity contribution >= 4 is 27.3 Å². The Balaban J connectivity index is 2.74. The van der Waals surface area contributed by atoms with Crippen molar-refractivity contribution in [3.05, 3.63) is 17.0 Å². The van der Waals surface area contributed by atoms with Gasteiger partial charge < -0.3 is 10.6 Å². The van der Waals surface area contributed by atoms with E-state index in [9.17, 15) is 8.42 Å². The molecule has 0 saturated heterocycles. The van der Waals surface area contributed by atoms with Gasteiger partial charge in [-0.25, -0.2) is 18.5 Å². The van der Waals surface area contributed by atoms with Gasteiger partial charge in [0.2, 0.25) is 10.0 Å². The summed E-state index contributed by atoms with van der Waals surface area (Å²) in [7, 11) is -3.61. The zero-order valence-electron chi connectivity index (χ0n) is 12.0. The Morgan fingerprint density at radius 1 is 1.45 bits per heavy atom. The van der Waals surface area contributed by atoms with Crippen LogP contribution in [-0.2, 0) is 16.6 Å². The summed E-state index contributed by atoms with van der Waals surface area (Å²) < 4.78 is 22.6. The fourth-order valence-corrected chi connectivity index (χ4v) is 3.11. The van der Waals surface area contributed by atoms with E-state index in [1.165, 1.54) is 6.07 Å². The third-order valence-corrected chi connectivity index (χ3v) is 5.16. The van der Waals surface area contributed by atoms with Crippen LogP contribution in [-0.4, -0.2) is 27.0 Å².